The van der Waals surface area contributed by atoms with Crippen LogP contribution in [0.2, 0.25) is 0 Å². The molecule has 5 heteroatoms. The summed E-state index contributed by atoms with van der Waals surface area (Å²) in [5.41, 5.74) is 1.22. The van der Waals surface area contributed by atoms with E-state index in [4.69, 9.17) is 0 Å². The van der Waals surface area contributed by atoms with Crippen LogP contribution < -0.4 is 5.32 Å². The fourth-order valence-corrected chi connectivity index (χ4v) is 4.02. The summed E-state index contributed by atoms with van der Waals surface area (Å²) in [5, 5.41) is 3.33. The molecular formula is C20H26N4O. The molecule has 5 nitrogen and oxygen atoms in total. The number of carbonyl (C=O) groups is 1. The Kier molecular flexibility index (Phi) is 4.72. The van der Waals surface area contributed by atoms with Crippen LogP contribution in [0.5, 0.6) is 0 Å². The lowest BCUT2D eigenvalue weighted by Gasteiger charge is -2.38. The molecule has 2 heterocycles. The van der Waals surface area contributed by atoms with E-state index >= 15 is 0 Å². The van der Waals surface area contributed by atoms with E-state index in [1.54, 1.807) is 6.20 Å². The highest BCUT2D eigenvalue weighted by atomic mass is 16.2. The zero-order chi connectivity index (χ0) is 17.1. The fourth-order valence-electron chi connectivity index (χ4n) is 4.02. The Morgan fingerprint density at radius 2 is 2.04 bits per heavy atom. The molecule has 2 amide bonds. The van der Waals surface area contributed by atoms with E-state index in [1.807, 2.05) is 17.2 Å². The summed E-state index contributed by atoms with van der Waals surface area (Å²) in [5.74, 6) is 1.88. The molecule has 25 heavy (non-hydrogen) atoms. The van der Waals surface area contributed by atoms with Gasteiger partial charge < -0.3 is 15.2 Å². The standard InChI is InChI=1S/C20H26N4O/c25-20(24-13-5-10-17(14-24)19-21-11-12-22-19)23-18(16-8-4-9-16)15-6-2-1-3-7-15/h1-3,6-7,11-12,16-18H,4-5,8-10,13-14H2,(H,21,22)(H,23,25)/t17-,18+/m0/s1. The van der Waals surface area contributed by atoms with Crippen molar-refractivity contribution in [2.45, 2.75) is 44.1 Å². The minimum atomic E-state index is 0.0667. The third kappa shape index (κ3) is 3.55. The van der Waals surface area contributed by atoms with Crippen LogP contribution in [-0.4, -0.2) is 34.0 Å². The second-order valence-corrected chi connectivity index (χ2v) is 7.29. The van der Waals surface area contributed by atoms with Gasteiger partial charge in [0.15, 0.2) is 0 Å². The van der Waals surface area contributed by atoms with Crippen LogP contribution in [0.15, 0.2) is 42.7 Å². The van der Waals surface area contributed by atoms with Gasteiger partial charge >= 0.3 is 6.03 Å². The Morgan fingerprint density at radius 1 is 1.20 bits per heavy atom. The molecule has 1 saturated carbocycles. The largest absolute Gasteiger partial charge is 0.348 e. The third-order valence-corrected chi connectivity index (χ3v) is 5.67. The molecular weight excluding hydrogens is 312 g/mol. The monoisotopic (exact) mass is 338 g/mol. The van der Waals surface area contributed by atoms with Crippen LogP contribution in [0.3, 0.4) is 0 Å². The van der Waals surface area contributed by atoms with Gasteiger partial charge in [-0.2, -0.15) is 0 Å². The van der Waals surface area contributed by atoms with Crippen molar-refractivity contribution >= 4 is 6.03 Å². The van der Waals surface area contributed by atoms with E-state index in [-0.39, 0.29) is 12.1 Å². The van der Waals surface area contributed by atoms with E-state index in [0.29, 0.717) is 11.8 Å². The number of H-pyrrole nitrogens is 1. The fraction of sp³-hybridized carbons (Fsp3) is 0.500. The molecule has 2 aromatic rings. The van der Waals surface area contributed by atoms with Crippen LogP contribution in [-0.2, 0) is 0 Å². The molecule has 0 unspecified atom stereocenters. The first-order chi connectivity index (χ1) is 12.3. The SMILES string of the molecule is O=C(N[C@H](c1ccccc1)C1CCC1)N1CCC[C@H](c2ncc[nH]2)C1. The summed E-state index contributed by atoms with van der Waals surface area (Å²) in [7, 11) is 0. The number of aromatic amines is 1. The molecule has 2 atom stereocenters. The van der Waals surface area contributed by atoms with Crippen molar-refractivity contribution in [1.29, 1.82) is 0 Å². The molecule has 2 N–H and O–H groups in total. The number of benzene rings is 1. The van der Waals surface area contributed by atoms with E-state index in [2.05, 4.69) is 39.6 Å². The lowest BCUT2D eigenvalue weighted by molar-refractivity contribution is 0.160. The first kappa shape index (κ1) is 16.2. The molecule has 0 spiro atoms. The van der Waals surface area contributed by atoms with Gasteiger partial charge in [0.05, 0.1) is 6.04 Å². The Hall–Kier alpha value is -2.30. The summed E-state index contributed by atoms with van der Waals surface area (Å²) in [6.45, 7) is 1.57. The van der Waals surface area contributed by atoms with Gasteiger partial charge in [-0.1, -0.05) is 36.8 Å². The number of urea groups is 1. The predicted molar refractivity (Wildman–Crippen MR) is 97.2 cm³/mol. The van der Waals surface area contributed by atoms with Crippen molar-refractivity contribution in [3.05, 3.63) is 54.1 Å². The molecule has 0 radical (unpaired) electrons. The number of carbonyl (C=O) groups excluding carboxylic acids is 1. The quantitative estimate of drug-likeness (QED) is 0.890. The van der Waals surface area contributed by atoms with Crippen LogP contribution in [0, 0.1) is 5.92 Å². The Bertz CT molecular complexity index is 681. The average molecular weight is 338 g/mol. The molecule has 1 aromatic heterocycles. The smallest absolute Gasteiger partial charge is 0.317 e. The molecule has 0 bridgehead atoms. The maximum absolute atomic E-state index is 12.9. The Labute approximate surface area is 148 Å². The number of hydrogen-bond donors (Lipinski definition) is 2. The van der Waals surface area contributed by atoms with Crippen LogP contribution in [0.1, 0.15) is 55.5 Å². The highest BCUT2D eigenvalue weighted by Gasteiger charge is 2.32. The van der Waals surface area contributed by atoms with Crippen molar-refractivity contribution in [2.75, 3.05) is 13.1 Å². The average Bonchev–Trinajstić information content (AvgIpc) is 3.15. The summed E-state index contributed by atoms with van der Waals surface area (Å²) in [4.78, 5) is 22.5. The summed E-state index contributed by atoms with van der Waals surface area (Å²) in [6, 6.07) is 10.6. The van der Waals surface area contributed by atoms with Gasteiger partial charge in [-0.05, 0) is 37.2 Å². The van der Waals surface area contributed by atoms with Gasteiger partial charge in [-0.25, -0.2) is 9.78 Å². The van der Waals surface area contributed by atoms with Gasteiger partial charge in [0.2, 0.25) is 0 Å². The molecule has 2 fully saturated rings. The van der Waals surface area contributed by atoms with Crippen LogP contribution >= 0.6 is 0 Å². The number of piperidine rings is 1. The van der Waals surface area contributed by atoms with Gasteiger partial charge in [-0.15, -0.1) is 0 Å². The summed E-state index contributed by atoms with van der Waals surface area (Å²) in [6.07, 6.45) is 9.44. The summed E-state index contributed by atoms with van der Waals surface area (Å²) >= 11 is 0. The molecule has 1 aliphatic carbocycles. The highest BCUT2D eigenvalue weighted by molar-refractivity contribution is 5.75. The van der Waals surface area contributed by atoms with Crippen molar-refractivity contribution in [3.63, 3.8) is 0 Å². The lowest BCUT2D eigenvalue weighted by Crippen LogP contribution is -2.48. The molecule has 1 aliphatic heterocycles. The van der Waals surface area contributed by atoms with Crippen molar-refractivity contribution in [2.24, 2.45) is 5.92 Å². The van der Waals surface area contributed by atoms with E-state index in [9.17, 15) is 4.79 Å². The molecule has 4 rings (SSSR count). The van der Waals surface area contributed by atoms with Crippen molar-refractivity contribution in [1.82, 2.24) is 20.2 Å². The van der Waals surface area contributed by atoms with Crippen LogP contribution in [0.25, 0.3) is 0 Å². The molecule has 132 valence electrons. The number of imidazole rings is 1. The topological polar surface area (TPSA) is 61.0 Å². The zero-order valence-corrected chi connectivity index (χ0v) is 14.5. The maximum atomic E-state index is 12.9. The van der Waals surface area contributed by atoms with Gasteiger partial charge in [0.25, 0.3) is 0 Å². The lowest BCUT2D eigenvalue weighted by atomic mass is 9.77. The third-order valence-electron chi connectivity index (χ3n) is 5.67. The molecule has 2 aliphatic rings. The Balaban J connectivity index is 1.44. The summed E-state index contributed by atoms with van der Waals surface area (Å²) < 4.78 is 0. The highest BCUT2D eigenvalue weighted by Crippen LogP contribution is 2.38. The van der Waals surface area contributed by atoms with E-state index in [0.717, 1.165) is 31.8 Å². The van der Waals surface area contributed by atoms with Crippen molar-refractivity contribution < 1.29 is 4.79 Å². The zero-order valence-electron chi connectivity index (χ0n) is 14.5. The van der Waals surface area contributed by atoms with Crippen molar-refractivity contribution in [3.8, 4) is 0 Å². The Morgan fingerprint density at radius 3 is 2.72 bits per heavy atom. The predicted octanol–water partition coefficient (Wildman–Crippen LogP) is 3.84. The number of hydrogen-bond acceptors (Lipinski definition) is 2. The molecule has 1 aromatic carbocycles. The maximum Gasteiger partial charge on any atom is 0.317 e. The van der Waals surface area contributed by atoms with Gasteiger partial charge in [0.1, 0.15) is 5.82 Å². The number of aromatic nitrogens is 2. The minimum absolute atomic E-state index is 0.0667. The number of rotatable bonds is 4. The number of likely N-dealkylation sites (tertiary alicyclic amines) is 1. The molecule has 1 saturated heterocycles. The van der Waals surface area contributed by atoms with Gasteiger partial charge in [-0.3, -0.25) is 0 Å². The first-order valence-corrected chi connectivity index (χ1v) is 9.41. The number of nitrogens with one attached hydrogen (secondary N) is 2. The minimum Gasteiger partial charge on any atom is -0.348 e. The second kappa shape index (κ2) is 7.30. The first-order valence-electron chi connectivity index (χ1n) is 9.41. The number of nitrogens with zero attached hydrogens (tertiary/aromatic N) is 2. The van der Waals surface area contributed by atoms with E-state index < -0.39 is 0 Å². The van der Waals surface area contributed by atoms with Crippen LogP contribution in [0.4, 0.5) is 4.79 Å². The normalized spacial score (nSPS) is 22.2. The second-order valence-electron chi connectivity index (χ2n) is 7.29. The van der Waals surface area contributed by atoms with Gasteiger partial charge in [0, 0.05) is 31.4 Å². The van der Waals surface area contributed by atoms with E-state index in [1.165, 1.54) is 24.8 Å². The number of amides is 2.